The molecule has 0 amide bonds. The maximum absolute atomic E-state index is 2.45. The average molecular weight is 344 g/mol. The van der Waals surface area contributed by atoms with Crippen LogP contribution in [0.4, 0.5) is 0 Å². The average Bonchev–Trinajstić information content (AvgIpc) is 3.33. The third kappa shape index (κ3) is 1.42. The summed E-state index contributed by atoms with van der Waals surface area (Å²) >= 11 is 0. The fourth-order valence-corrected chi connectivity index (χ4v) is 5.17. The zero-order chi connectivity index (χ0) is 17.7. The van der Waals surface area contributed by atoms with Gasteiger partial charge >= 0.3 is 0 Å². The first-order valence-electron chi connectivity index (χ1n) is 9.37. The van der Waals surface area contributed by atoms with Gasteiger partial charge in [-0.1, -0.05) is 54.6 Å². The van der Waals surface area contributed by atoms with Crippen LogP contribution in [0.25, 0.3) is 59.9 Å². The lowest BCUT2D eigenvalue weighted by Crippen LogP contribution is -1.87. The molecule has 7 aromatic rings. The van der Waals surface area contributed by atoms with Crippen LogP contribution in [0.1, 0.15) is 0 Å². The topological polar surface area (TPSA) is 9.34 Å². The van der Waals surface area contributed by atoms with Crippen molar-refractivity contribution in [1.82, 2.24) is 8.97 Å². The smallest absolute Gasteiger partial charge is 0.0641 e. The van der Waals surface area contributed by atoms with Crippen molar-refractivity contribution in [3.63, 3.8) is 0 Å². The molecule has 0 saturated heterocycles. The number of hydrogen-bond acceptors (Lipinski definition) is 0. The Hall–Kier alpha value is -3.52. The number of nitrogens with zero attached hydrogens (tertiary/aromatic N) is 2. The molecule has 0 aliphatic carbocycles. The van der Waals surface area contributed by atoms with Crippen LogP contribution >= 0.6 is 0 Å². The number of para-hydroxylation sites is 3. The Bertz CT molecular complexity index is 1680. The van der Waals surface area contributed by atoms with E-state index in [-0.39, 0.29) is 0 Å². The lowest BCUT2D eigenvalue weighted by molar-refractivity contribution is 1.02. The van der Waals surface area contributed by atoms with Gasteiger partial charge in [-0.05, 0) is 24.3 Å². The van der Waals surface area contributed by atoms with Crippen molar-refractivity contribution in [2.24, 2.45) is 7.05 Å². The van der Waals surface area contributed by atoms with Crippen molar-refractivity contribution < 1.29 is 0 Å². The molecule has 2 nitrogen and oxygen atoms in total. The fourth-order valence-electron chi connectivity index (χ4n) is 5.17. The summed E-state index contributed by atoms with van der Waals surface area (Å²) in [6, 6.07) is 28.7. The van der Waals surface area contributed by atoms with E-state index in [0.29, 0.717) is 0 Å². The third-order valence-electron chi connectivity index (χ3n) is 6.24. The Kier molecular flexibility index (Phi) is 2.23. The van der Waals surface area contributed by atoms with E-state index in [1.54, 1.807) is 0 Å². The SMILES string of the molecule is Cn1c2ccccc2c2cc3c4ccccc4n4c5ccccc5c(c21)c34. The van der Waals surface area contributed by atoms with Gasteiger partial charge in [-0.2, -0.15) is 0 Å². The summed E-state index contributed by atoms with van der Waals surface area (Å²) < 4.78 is 4.82. The summed E-state index contributed by atoms with van der Waals surface area (Å²) in [4.78, 5) is 0. The zero-order valence-corrected chi connectivity index (χ0v) is 14.9. The van der Waals surface area contributed by atoms with Gasteiger partial charge in [0.2, 0.25) is 0 Å². The molecule has 7 rings (SSSR count). The van der Waals surface area contributed by atoms with Gasteiger partial charge in [0.1, 0.15) is 0 Å². The van der Waals surface area contributed by atoms with E-state index < -0.39 is 0 Å². The molecule has 0 aliphatic heterocycles. The minimum Gasteiger partial charge on any atom is -0.343 e. The van der Waals surface area contributed by atoms with E-state index in [4.69, 9.17) is 0 Å². The second-order valence-electron chi connectivity index (χ2n) is 7.49. The summed E-state index contributed by atoms with van der Waals surface area (Å²) in [5.74, 6) is 0. The molecule has 0 bridgehead atoms. The third-order valence-corrected chi connectivity index (χ3v) is 6.24. The van der Waals surface area contributed by atoms with Crippen LogP contribution < -0.4 is 0 Å². The lowest BCUT2D eigenvalue weighted by atomic mass is 10.0. The van der Waals surface area contributed by atoms with Crippen molar-refractivity contribution >= 4 is 59.9 Å². The van der Waals surface area contributed by atoms with Crippen LogP contribution in [0.2, 0.25) is 0 Å². The van der Waals surface area contributed by atoms with Gasteiger partial charge < -0.3 is 8.97 Å². The molecule has 126 valence electrons. The van der Waals surface area contributed by atoms with Gasteiger partial charge in [0, 0.05) is 44.9 Å². The molecule has 0 fully saturated rings. The molecule has 0 unspecified atom stereocenters. The second kappa shape index (κ2) is 4.41. The molecule has 0 saturated carbocycles. The number of aryl methyl sites for hydroxylation is 1. The van der Waals surface area contributed by atoms with Gasteiger partial charge in [0.05, 0.1) is 22.1 Å². The van der Waals surface area contributed by atoms with Crippen LogP contribution in [0.5, 0.6) is 0 Å². The molecular weight excluding hydrogens is 328 g/mol. The molecule has 0 aliphatic rings. The fraction of sp³-hybridized carbons (Fsp3) is 0.0400. The Labute approximate surface area is 155 Å². The molecule has 3 aromatic heterocycles. The van der Waals surface area contributed by atoms with E-state index in [1.807, 2.05) is 0 Å². The van der Waals surface area contributed by atoms with Gasteiger partial charge in [0.15, 0.2) is 0 Å². The Balaban J connectivity index is 1.98. The van der Waals surface area contributed by atoms with Crippen LogP contribution in [0.15, 0.2) is 78.9 Å². The number of aromatic nitrogens is 2. The van der Waals surface area contributed by atoms with Gasteiger partial charge in [-0.25, -0.2) is 0 Å². The van der Waals surface area contributed by atoms with Gasteiger partial charge in [0.25, 0.3) is 0 Å². The van der Waals surface area contributed by atoms with E-state index in [2.05, 4.69) is 94.9 Å². The minimum atomic E-state index is 1.29. The number of fused-ring (bicyclic) bond motifs is 10. The first-order valence-corrected chi connectivity index (χ1v) is 9.37. The summed E-state index contributed by atoms with van der Waals surface area (Å²) in [5.41, 5.74) is 6.54. The summed E-state index contributed by atoms with van der Waals surface area (Å²) in [5, 5.41) is 8.05. The van der Waals surface area contributed by atoms with Crippen LogP contribution in [0.3, 0.4) is 0 Å². The summed E-state index contributed by atoms with van der Waals surface area (Å²) in [7, 11) is 2.20. The van der Waals surface area contributed by atoms with E-state index in [0.717, 1.165) is 0 Å². The molecule has 0 N–H and O–H groups in total. The molecule has 27 heavy (non-hydrogen) atoms. The second-order valence-corrected chi connectivity index (χ2v) is 7.49. The minimum absolute atomic E-state index is 1.29. The highest BCUT2D eigenvalue weighted by atomic mass is 15.0. The van der Waals surface area contributed by atoms with Crippen LogP contribution in [-0.2, 0) is 7.05 Å². The van der Waals surface area contributed by atoms with Gasteiger partial charge in [-0.3, -0.25) is 0 Å². The van der Waals surface area contributed by atoms with Crippen LogP contribution in [-0.4, -0.2) is 8.97 Å². The van der Waals surface area contributed by atoms with Gasteiger partial charge in [-0.15, -0.1) is 0 Å². The molecule has 4 aromatic carbocycles. The highest BCUT2D eigenvalue weighted by Crippen LogP contribution is 2.44. The largest absolute Gasteiger partial charge is 0.343 e. The summed E-state index contributed by atoms with van der Waals surface area (Å²) in [6.45, 7) is 0. The molecule has 0 radical (unpaired) electrons. The molecule has 2 heteroatoms. The predicted molar refractivity (Wildman–Crippen MR) is 115 cm³/mol. The normalized spacial score (nSPS) is 12.6. The van der Waals surface area contributed by atoms with E-state index in [9.17, 15) is 0 Å². The van der Waals surface area contributed by atoms with Crippen molar-refractivity contribution in [1.29, 1.82) is 0 Å². The molecule has 3 heterocycles. The Morgan fingerprint density at radius 1 is 0.519 bits per heavy atom. The maximum atomic E-state index is 2.45. The first kappa shape index (κ1) is 13.7. The van der Waals surface area contributed by atoms with Crippen LogP contribution in [0, 0.1) is 0 Å². The molecule has 0 spiro atoms. The lowest BCUT2D eigenvalue weighted by Gasteiger charge is -2.02. The van der Waals surface area contributed by atoms with Crippen molar-refractivity contribution in [2.45, 2.75) is 0 Å². The van der Waals surface area contributed by atoms with E-state index in [1.165, 1.54) is 59.9 Å². The zero-order valence-electron chi connectivity index (χ0n) is 14.9. The number of benzene rings is 4. The van der Waals surface area contributed by atoms with Crippen molar-refractivity contribution in [3.05, 3.63) is 78.9 Å². The number of rotatable bonds is 0. The monoisotopic (exact) mass is 344 g/mol. The predicted octanol–water partition coefficient (Wildman–Crippen LogP) is 6.48. The molecule has 0 atom stereocenters. The van der Waals surface area contributed by atoms with Crippen molar-refractivity contribution in [3.8, 4) is 0 Å². The van der Waals surface area contributed by atoms with Crippen molar-refractivity contribution in [2.75, 3.05) is 0 Å². The Morgan fingerprint density at radius 3 is 1.78 bits per heavy atom. The first-order chi connectivity index (χ1) is 13.3. The highest BCUT2D eigenvalue weighted by molar-refractivity contribution is 6.33. The molecular formula is C25H16N2. The van der Waals surface area contributed by atoms with E-state index >= 15 is 0 Å². The summed E-state index contributed by atoms with van der Waals surface area (Å²) in [6.07, 6.45) is 0. The number of hydrogen-bond donors (Lipinski definition) is 0. The highest BCUT2D eigenvalue weighted by Gasteiger charge is 2.22. The Morgan fingerprint density at radius 2 is 1.04 bits per heavy atom. The maximum Gasteiger partial charge on any atom is 0.0641 e. The quantitative estimate of drug-likeness (QED) is 0.298. The standard InChI is InChI=1S/C25H16N2/c1-26-20-11-5-2-8-15(20)18-14-19-16-9-3-6-12-21(16)27-22-13-7-4-10-17(22)23(24(18)26)25(19)27/h2-14H,1H3.